The first kappa shape index (κ1) is 19.6. The first-order valence-corrected chi connectivity index (χ1v) is 10.6. The van der Waals surface area contributed by atoms with E-state index in [2.05, 4.69) is 74.2 Å². The van der Waals surface area contributed by atoms with Gasteiger partial charge in [-0.2, -0.15) is 0 Å². The van der Waals surface area contributed by atoms with Crippen molar-refractivity contribution in [2.45, 2.75) is 58.8 Å². The van der Waals surface area contributed by atoms with Crippen LogP contribution in [0.4, 0.5) is 0 Å². The number of hydrogen-bond donors (Lipinski definition) is 0. The number of rotatable bonds is 6. The monoisotopic (exact) mass is 360 g/mol. The molecule has 1 aliphatic rings. The lowest BCUT2D eigenvalue weighted by atomic mass is 9.81. The highest BCUT2D eigenvalue weighted by Crippen LogP contribution is 2.30. The molecular weight excluding hydrogens is 328 g/mol. The molecular formula is C26H32O. The molecule has 27 heavy (non-hydrogen) atoms. The van der Waals surface area contributed by atoms with Gasteiger partial charge < -0.3 is 4.74 Å². The van der Waals surface area contributed by atoms with E-state index in [1.807, 2.05) is 0 Å². The van der Waals surface area contributed by atoms with Gasteiger partial charge in [-0.25, -0.2) is 0 Å². The Hall–Kier alpha value is -2.20. The molecule has 0 unspecified atom stereocenters. The molecule has 1 nitrogen and oxygen atoms in total. The molecule has 2 aromatic rings. The molecule has 1 aliphatic carbocycles. The Balaban J connectivity index is 1.57. The van der Waals surface area contributed by atoms with Crippen LogP contribution in [0.2, 0.25) is 0 Å². The van der Waals surface area contributed by atoms with E-state index in [0.29, 0.717) is 5.92 Å². The molecule has 0 amide bonds. The van der Waals surface area contributed by atoms with Crippen molar-refractivity contribution in [3.8, 4) is 28.7 Å². The summed E-state index contributed by atoms with van der Waals surface area (Å²) < 4.78 is 5.74. The van der Waals surface area contributed by atoms with Gasteiger partial charge in [-0.05, 0) is 73.4 Å². The van der Waals surface area contributed by atoms with Crippen LogP contribution < -0.4 is 4.74 Å². The van der Waals surface area contributed by atoms with Crippen molar-refractivity contribution in [3.63, 3.8) is 0 Å². The number of benzene rings is 2. The second kappa shape index (κ2) is 10.2. The summed E-state index contributed by atoms with van der Waals surface area (Å²) in [4.78, 5) is 0. The summed E-state index contributed by atoms with van der Waals surface area (Å²) in [6.07, 6.45) is 8.84. The second-order valence-electron chi connectivity index (χ2n) is 7.70. The molecule has 1 heteroatoms. The lowest BCUT2D eigenvalue weighted by Crippen LogP contribution is -2.12. The molecule has 0 aromatic heterocycles. The Kier molecular flexibility index (Phi) is 7.40. The third-order valence-electron chi connectivity index (χ3n) is 5.68. The summed E-state index contributed by atoms with van der Waals surface area (Å²) in [5, 5.41) is 0. The Bertz CT molecular complexity index is 738. The van der Waals surface area contributed by atoms with Crippen molar-refractivity contribution in [3.05, 3.63) is 54.1 Å². The van der Waals surface area contributed by atoms with Crippen molar-refractivity contribution in [2.24, 2.45) is 11.8 Å². The van der Waals surface area contributed by atoms with Gasteiger partial charge in [0.1, 0.15) is 5.75 Å². The van der Waals surface area contributed by atoms with Crippen LogP contribution in [-0.2, 0) is 0 Å². The molecule has 3 rings (SSSR count). The predicted octanol–water partition coefficient (Wildman–Crippen LogP) is 7.10. The van der Waals surface area contributed by atoms with Gasteiger partial charge in [0, 0.05) is 11.5 Å². The van der Waals surface area contributed by atoms with E-state index in [1.165, 1.54) is 43.2 Å². The molecule has 0 heterocycles. The summed E-state index contributed by atoms with van der Waals surface area (Å²) in [5.74, 6) is 9.38. The van der Waals surface area contributed by atoms with Crippen molar-refractivity contribution in [1.29, 1.82) is 0 Å². The van der Waals surface area contributed by atoms with Crippen LogP contribution in [-0.4, -0.2) is 6.61 Å². The average Bonchev–Trinajstić information content (AvgIpc) is 2.74. The van der Waals surface area contributed by atoms with E-state index < -0.39 is 0 Å². The fraction of sp³-hybridized carbons (Fsp3) is 0.462. The topological polar surface area (TPSA) is 9.23 Å². The van der Waals surface area contributed by atoms with Gasteiger partial charge in [-0.3, -0.25) is 0 Å². The SMILES string of the molecule is CCCCOc1ccc(-c2ccc(C#CC3CCC(CC)CC3)cc2)cc1. The normalized spacial score (nSPS) is 19.2. The van der Waals surface area contributed by atoms with Crippen LogP contribution in [0.1, 0.15) is 64.4 Å². The lowest BCUT2D eigenvalue weighted by Gasteiger charge is -2.24. The summed E-state index contributed by atoms with van der Waals surface area (Å²) >= 11 is 0. The van der Waals surface area contributed by atoms with Crippen LogP contribution in [0.5, 0.6) is 5.75 Å². The molecule has 0 N–H and O–H groups in total. The minimum absolute atomic E-state index is 0.590. The van der Waals surface area contributed by atoms with Crippen LogP contribution in [0.3, 0.4) is 0 Å². The van der Waals surface area contributed by atoms with Crippen molar-refractivity contribution >= 4 is 0 Å². The quantitative estimate of drug-likeness (QED) is 0.394. The van der Waals surface area contributed by atoms with Crippen LogP contribution >= 0.6 is 0 Å². The molecule has 1 saturated carbocycles. The van der Waals surface area contributed by atoms with E-state index in [9.17, 15) is 0 Å². The van der Waals surface area contributed by atoms with Gasteiger partial charge >= 0.3 is 0 Å². The Morgan fingerprint density at radius 1 is 0.852 bits per heavy atom. The maximum atomic E-state index is 5.74. The first-order valence-electron chi connectivity index (χ1n) is 10.6. The molecule has 0 saturated heterocycles. The fourth-order valence-corrected chi connectivity index (χ4v) is 3.72. The van der Waals surface area contributed by atoms with E-state index >= 15 is 0 Å². The van der Waals surface area contributed by atoms with E-state index in [0.717, 1.165) is 36.7 Å². The van der Waals surface area contributed by atoms with Crippen LogP contribution in [0.15, 0.2) is 48.5 Å². The molecule has 0 bridgehead atoms. The van der Waals surface area contributed by atoms with E-state index in [4.69, 9.17) is 4.74 Å². The number of hydrogen-bond acceptors (Lipinski definition) is 1. The van der Waals surface area contributed by atoms with Crippen LogP contribution in [0, 0.1) is 23.7 Å². The Morgan fingerprint density at radius 3 is 2.07 bits per heavy atom. The average molecular weight is 361 g/mol. The van der Waals surface area contributed by atoms with E-state index in [1.54, 1.807) is 0 Å². The fourth-order valence-electron chi connectivity index (χ4n) is 3.72. The van der Waals surface area contributed by atoms with Crippen molar-refractivity contribution in [2.75, 3.05) is 6.61 Å². The smallest absolute Gasteiger partial charge is 0.119 e. The maximum absolute atomic E-state index is 5.74. The standard InChI is InChI=1S/C26H32O/c1-3-5-20-27-26-18-16-25(17-19-26)24-14-12-23(13-15-24)11-10-22-8-6-21(4-2)7-9-22/h12-19,21-22H,3-9,20H2,1-2H3. The zero-order valence-corrected chi connectivity index (χ0v) is 16.8. The van der Waals surface area contributed by atoms with E-state index in [-0.39, 0.29) is 0 Å². The van der Waals surface area contributed by atoms with Crippen molar-refractivity contribution < 1.29 is 4.74 Å². The molecule has 1 fully saturated rings. The zero-order chi connectivity index (χ0) is 18.9. The largest absolute Gasteiger partial charge is 0.494 e. The van der Waals surface area contributed by atoms with Gasteiger partial charge in [0.25, 0.3) is 0 Å². The molecule has 0 aliphatic heterocycles. The molecule has 0 atom stereocenters. The first-order chi connectivity index (χ1) is 13.3. The third kappa shape index (κ3) is 5.90. The van der Waals surface area contributed by atoms with Crippen molar-refractivity contribution in [1.82, 2.24) is 0 Å². The number of unbranched alkanes of at least 4 members (excludes halogenated alkanes) is 1. The minimum Gasteiger partial charge on any atom is -0.494 e. The third-order valence-corrected chi connectivity index (χ3v) is 5.68. The van der Waals surface area contributed by atoms with Gasteiger partial charge in [-0.1, -0.05) is 62.8 Å². The summed E-state index contributed by atoms with van der Waals surface area (Å²) in [6.45, 7) is 5.28. The number of ether oxygens (including phenoxy) is 1. The Labute approximate surface area is 165 Å². The predicted molar refractivity (Wildman–Crippen MR) is 115 cm³/mol. The van der Waals surface area contributed by atoms with Gasteiger partial charge in [0.15, 0.2) is 0 Å². The highest BCUT2D eigenvalue weighted by Gasteiger charge is 2.17. The molecule has 0 radical (unpaired) electrons. The Morgan fingerprint density at radius 2 is 1.48 bits per heavy atom. The molecule has 2 aromatic carbocycles. The highest BCUT2D eigenvalue weighted by atomic mass is 16.5. The van der Waals surface area contributed by atoms with Gasteiger partial charge in [0.2, 0.25) is 0 Å². The molecule has 0 spiro atoms. The lowest BCUT2D eigenvalue weighted by molar-refractivity contribution is 0.309. The maximum Gasteiger partial charge on any atom is 0.119 e. The minimum atomic E-state index is 0.590. The van der Waals surface area contributed by atoms with Gasteiger partial charge in [0.05, 0.1) is 6.61 Å². The summed E-state index contributed by atoms with van der Waals surface area (Å²) in [7, 11) is 0. The zero-order valence-electron chi connectivity index (χ0n) is 16.8. The summed E-state index contributed by atoms with van der Waals surface area (Å²) in [6, 6.07) is 17.0. The highest BCUT2D eigenvalue weighted by molar-refractivity contribution is 5.65. The van der Waals surface area contributed by atoms with Gasteiger partial charge in [-0.15, -0.1) is 0 Å². The second-order valence-corrected chi connectivity index (χ2v) is 7.70. The molecule has 142 valence electrons. The van der Waals surface area contributed by atoms with Crippen LogP contribution in [0.25, 0.3) is 11.1 Å². The summed E-state index contributed by atoms with van der Waals surface area (Å²) in [5.41, 5.74) is 3.57.